The first-order valence-corrected chi connectivity index (χ1v) is 14.9. The molecule has 0 saturated carbocycles. The van der Waals surface area contributed by atoms with E-state index in [0.29, 0.717) is 34.7 Å². The van der Waals surface area contributed by atoms with E-state index < -0.39 is 0 Å². The van der Waals surface area contributed by atoms with E-state index in [2.05, 4.69) is 38.2 Å². The van der Waals surface area contributed by atoms with Crippen molar-refractivity contribution >= 4 is 35.0 Å². The standard InChI is InChI=1S/C35H34N2O3S/c1-35(2,3)29-18-16-25(17-19-29)32(39)28-10-7-11-30(22-28)36-33(40)26-12-14-27(15-13-26)34-37(31(38)23-41-34)21-20-24-8-5-4-6-9-24/h4-19,22,34H,20-21,23H2,1-3H3,(H,36,40)/t34-/m1/s1. The Bertz CT molecular complexity index is 1540. The van der Waals surface area contributed by atoms with Crippen LogP contribution < -0.4 is 5.32 Å². The third-order valence-electron chi connectivity index (χ3n) is 7.31. The lowest BCUT2D eigenvalue weighted by Gasteiger charge is -2.24. The summed E-state index contributed by atoms with van der Waals surface area (Å²) in [6, 6.07) is 32.3. The molecule has 0 unspecified atom stereocenters. The lowest BCUT2D eigenvalue weighted by molar-refractivity contribution is -0.128. The number of hydrogen-bond acceptors (Lipinski definition) is 4. The average molecular weight is 563 g/mol. The molecule has 1 saturated heterocycles. The van der Waals surface area contributed by atoms with Crippen LogP contribution in [0.2, 0.25) is 0 Å². The fourth-order valence-electron chi connectivity index (χ4n) is 4.90. The predicted octanol–water partition coefficient (Wildman–Crippen LogP) is 7.28. The van der Waals surface area contributed by atoms with Gasteiger partial charge in [0.25, 0.3) is 5.91 Å². The maximum atomic E-state index is 13.1. The molecule has 0 aromatic heterocycles. The number of rotatable bonds is 8. The first-order valence-electron chi connectivity index (χ1n) is 13.8. The van der Waals surface area contributed by atoms with Crippen LogP contribution in [-0.4, -0.2) is 34.8 Å². The summed E-state index contributed by atoms with van der Waals surface area (Å²) in [6.07, 6.45) is 0.800. The first kappa shape index (κ1) is 28.4. The number of ketones is 1. The Morgan fingerprint density at radius 3 is 2.20 bits per heavy atom. The van der Waals surface area contributed by atoms with Crippen LogP contribution in [0.4, 0.5) is 5.69 Å². The van der Waals surface area contributed by atoms with Crippen molar-refractivity contribution < 1.29 is 14.4 Å². The topological polar surface area (TPSA) is 66.5 Å². The number of anilines is 1. The van der Waals surface area contributed by atoms with E-state index in [9.17, 15) is 14.4 Å². The van der Waals surface area contributed by atoms with Crippen LogP contribution in [0.15, 0.2) is 103 Å². The summed E-state index contributed by atoms with van der Waals surface area (Å²) >= 11 is 1.61. The van der Waals surface area contributed by atoms with Gasteiger partial charge in [-0.25, -0.2) is 0 Å². The van der Waals surface area contributed by atoms with Crippen LogP contribution in [0.25, 0.3) is 0 Å². The van der Waals surface area contributed by atoms with E-state index >= 15 is 0 Å². The lowest BCUT2D eigenvalue weighted by atomic mass is 9.86. The number of carbonyl (C=O) groups excluding carboxylic acids is 3. The van der Waals surface area contributed by atoms with Crippen LogP contribution in [-0.2, 0) is 16.6 Å². The van der Waals surface area contributed by atoms with Crippen LogP contribution in [0.3, 0.4) is 0 Å². The second kappa shape index (κ2) is 12.1. The Morgan fingerprint density at radius 2 is 1.51 bits per heavy atom. The van der Waals surface area contributed by atoms with Gasteiger partial charge in [-0.3, -0.25) is 14.4 Å². The van der Waals surface area contributed by atoms with Gasteiger partial charge in [0.15, 0.2) is 5.78 Å². The quantitative estimate of drug-likeness (QED) is 0.229. The van der Waals surface area contributed by atoms with E-state index in [-0.39, 0.29) is 28.4 Å². The minimum absolute atomic E-state index is 0.0130. The van der Waals surface area contributed by atoms with Gasteiger partial charge in [-0.1, -0.05) is 99.6 Å². The Hall–Kier alpha value is -4.16. The second-order valence-electron chi connectivity index (χ2n) is 11.3. The highest BCUT2D eigenvalue weighted by Gasteiger charge is 2.32. The minimum atomic E-state index is -0.258. The van der Waals surface area contributed by atoms with Gasteiger partial charge in [-0.15, -0.1) is 11.8 Å². The lowest BCUT2D eigenvalue weighted by Crippen LogP contribution is -2.30. The molecule has 4 aromatic carbocycles. The van der Waals surface area contributed by atoms with Gasteiger partial charge >= 0.3 is 0 Å². The van der Waals surface area contributed by atoms with E-state index in [4.69, 9.17) is 0 Å². The van der Waals surface area contributed by atoms with Crippen molar-refractivity contribution in [3.63, 3.8) is 0 Å². The SMILES string of the molecule is CC(C)(C)c1ccc(C(=O)c2cccc(NC(=O)c3ccc([C@H]4SCC(=O)N4CCc4ccccc4)cc3)c2)cc1. The number of nitrogens with zero attached hydrogens (tertiary/aromatic N) is 1. The zero-order valence-electron chi connectivity index (χ0n) is 23.6. The van der Waals surface area contributed by atoms with Gasteiger partial charge < -0.3 is 10.2 Å². The van der Waals surface area contributed by atoms with Gasteiger partial charge in [0.05, 0.1) is 5.75 Å². The molecule has 1 N–H and O–H groups in total. The van der Waals surface area contributed by atoms with Crippen molar-refractivity contribution in [2.45, 2.75) is 38.0 Å². The van der Waals surface area contributed by atoms with Gasteiger partial charge in [0.2, 0.25) is 5.91 Å². The van der Waals surface area contributed by atoms with Crippen molar-refractivity contribution in [2.24, 2.45) is 0 Å². The van der Waals surface area contributed by atoms with E-state index in [1.807, 2.05) is 59.5 Å². The van der Waals surface area contributed by atoms with Crippen LogP contribution in [0, 0.1) is 0 Å². The molecular weight excluding hydrogens is 528 g/mol. The molecule has 1 heterocycles. The molecule has 0 spiro atoms. The smallest absolute Gasteiger partial charge is 0.255 e. The molecule has 6 heteroatoms. The van der Waals surface area contributed by atoms with Crippen molar-refractivity contribution in [3.05, 3.63) is 137 Å². The molecule has 5 rings (SSSR count). The van der Waals surface area contributed by atoms with Gasteiger partial charge in [-0.05, 0) is 52.8 Å². The number of hydrogen-bond donors (Lipinski definition) is 1. The Morgan fingerprint density at radius 1 is 0.829 bits per heavy atom. The zero-order chi connectivity index (χ0) is 29.0. The highest BCUT2D eigenvalue weighted by Crippen LogP contribution is 2.38. The molecule has 4 aromatic rings. The molecule has 0 bridgehead atoms. The predicted molar refractivity (Wildman–Crippen MR) is 166 cm³/mol. The van der Waals surface area contributed by atoms with Gasteiger partial charge in [0, 0.05) is 28.9 Å². The van der Waals surface area contributed by atoms with E-state index in [1.165, 1.54) is 11.1 Å². The Kier molecular flexibility index (Phi) is 8.41. The molecule has 208 valence electrons. The summed E-state index contributed by atoms with van der Waals surface area (Å²) in [5.74, 6) is 0.243. The van der Waals surface area contributed by atoms with Crippen molar-refractivity contribution in [2.75, 3.05) is 17.6 Å². The summed E-state index contributed by atoms with van der Waals surface area (Å²) in [6.45, 7) is 7.07. The number of carbonyl (C=O) groups is 3. The van der Waals surface area contributed by atoms with Crippen molar-refractivity contribution in [3.8, 4) is 0 Å². The molecule has 0 aliphatic carbocycles. The summed E-state index contributed by atoms with van der Waals surface area (Å²) < 4.78 is 0. The molecule has 41 heavy (non-hydrogen) atoms. The normalized spacial score (nSPS) is 15.1. The highest BCUT2D eigenvalue weighted by molar-refractivity contribution is 8.00. The average Bonchev–Trinajstić information content (AvgIpc) is 3.36. The Balaban J connectivity index is 1.23. The van der Waals surface area contributed by atoms with Gasteiger partial charge in [-0.2, -0.15) is 0 Å². The maximum Gasteiger partial charge on any atom is 0.255 e. The molecular formula is C35H34N2O3S. The number of benzene rings is 4. The second-order valence-corrected chi connectivity index (χ2v) is 12.4. The number of thioether (sulfide) groups is 1. The molecule has 5 nitrogen and oxygen atoms in total. The number of amides is 2. The van der Waals surface area contributed by atoms with Crippen molar-refractivity contribution in [1.29, 1.82) is 0 Å². The summed E-state index contributed by atoms with van der Waals surface area (Å²) in [7, 11) is 0. The molecule has 1 atom stereocenters. The van der Waals surface area contributed by atoms with Crippen LogP contribution >= 0.6 is 11.8 Å². The highest BCUT2D eigenvalue weighted by atomic mass is 32.2. The summed E-state index contributed by atoms with van der Waals surface area (Å²) in [4.78, 5) is 40.7. The van der Waals surface area contributed by atoms with E-state index in [0.717, 1.165) is 12.0 Å². The molecule has 0 radical (unpaired) electrons. The molecule has 1 aliphatic rings. The fraction of sp³-hybridized carbons (Fsp3) is 0.229. The number of nitrogens with one attached hydrogen (secondary N) is 1. The van der Waals surface area contributed by atoms with Crippen LogP contribution in [0.5, 0.6) is 0 Å². The molecule has 2 amide bonds. The van der Waals surface area contributed by atoms with E-state index in [1.54, 1.807) is 48.2 Å². The zero-order valence-corrected chi connectivity index (χ0v) is 24.4. The molecule has 1 fully saturated rings. The summed E-state index contributed by atoms with van der Waals surface area (Å²) in [5, 5.41) is 2.85. The minimum Gasteiger partial charge on any atom is -0.326 e. The summed E-state index contributed by atoms with van der Waals surface area (Å²) in [5.41, 5.74) is 5.56. The third-order valence-corrected chi connectivity index (χ3v) is 8.56. The molecule has 1 aliphatic heterocycles. The van der Waals surface area contributed by atoms with Crippen LogP contribution in [0.1, 0.15) is 69.1 Å². The monoisotopic (exact) mass is 562 g/mol. The Labute approximate surface area is 246 Å². The fourth-order valence-corrected chi connectivity index (χ4v) is 6.11. The maximum absolute atomic E-state index is 13.1. The third kappa shape index (κ3) is 6.77. The van der Waals surface area contributed by atoms with Gasteiger partial charge in [0.1, 0.15) is 5.37 Å². The first-order chi connectivity index (χ1) is 19.7. The largest absolute Gasteiger partial charge is 0.326 e. The van der Waals surface area contributed by atoms with Crippen molar-refractivity contribution in [1.82, 2.24) is 4.90 Å².